The molecular weight excluding hydrogens is 727 g/mol. The highest BCUT2D eigenvalue weighted by Gasteiger charge is 2.76. The Labute approximate surface area is 328 Å². The molecule has 0 unspecified atom stereocenters. The van der Waals surface area contributed by atoms with Crippen molar-refractivity contribution in [2.75, 3.05) is 19.0 Å². The number of halogens is 2. The number of aromatic hydroxyl groups is 1. The van der Waals surface area contributed by atoms with Crippen molar-refractivity contribution in [1.29, 1.82) is 0 Å². The molecule has 7 rings (SSSR count). The highest BCUT2D eigenvalue weighted by atomic mass is 35.5. The van der Waals surface area contributed by atoms with Gasteiger partial charge in [0.25, 0.3) is 0 Å². The van der Waals surface area contributed by atoms with Gasteiger partial charge in [-0.15, -0.1) is 23.2 Å². The molecule has 4 aliphatic carbocycles. The first-order valence-electron chi connectivity index (χ1n) is 19.0. The van der Waals surface area contributed by atoms with Crippen LogP contribution in [-0.2, 0) is 26.2 Å². The Morgan fingerprint density at radius 2 is 1.91 bits per heavy atom. The summed E-state index contributed by atoms with van der Waals surface area (Å²) in [5.74, 6) is -0.649. The van der Waals surface area contributed by atoms with Gasteiger partial charge in [-0.3, -0.25) is 14.6 Å². The number of aryl methyl sites for hydroxylation is 1. The van der Waals surface area contributed by atoms with Crippen LogP contribution >= 0.6 is 23.2 Å². The Balaban J connectivity index is 0.000000221. The molecule has 292 valence electrons. The fourth-order valence-corrected chi connectivity index (χ4v) is 11.4. The Morgan fingerprint density at radius 1 is 1.19 bits per heavy atom. The van der Waals surface area contributed by atoms with Crippen molar-refractivity contribution in [1.82, 2.24) is 5.32 Å². The maximum atomic E-state index is 13.6. The van der Waals surface area contributed by atoms with Crippen molar-refractivity contribution in [3.63, 3.8) is 0 Å². The van der Waals surface area contributed by atoms with Crippen LogP contribution in [0, 0.1) is 42.4 Å². The molecule has 1 aliphatic heterocycles. The highest BCUT2D eigenvalue weighted by Crippen LogP contribution is 2.72. The Bertz CT molecular complexity index is 1930. The normalized spacial score (nSPS) is 34.0. The van der Waals surface area contributed by atoms with E-state index in [1.54, 1.807) is 12.1 Å². The third kappa shape index (κ3) is 6.17. The molecule has 0 amide bonds. The van der Waals surface area contributed by atoms with Gasteiger partial charge in [-0.2, -0.15) is 0 Å². The van der Waals surface area contributed by atoms with E-state index in [4.69, 9.17) is 32.4 Å². The van der Waals surface area contributed by atoms with Gasteiger partial charge in [0, 0.05) is 29.7 Å². The number of nitrogens with one attached hydrogen (secondary N) is 1. The number of hydrogen-bond donors (Lipinski definition) is 3. The van der Waals surface area contributed by atoms with E-state index in [2.05, 4.69) is 44.1 Å². The van der Waals surface area contributed by atoms with Crippen molar-refractivity contribution in [2.24, 2.45) is 33.6 Å². The molecule has 9 nitrogen and oxygen atoms in total. The number of rotatable bonds is 6. The van der Waals surface area contributed by atoms with E-state index in [1.807, 2.05) is 33.8 Å². The second-order valence-electron chi connectivity index (χ2n) is 17.4. The van der Waals surface area contributed by atoms with Crippen LogP contribution in [0.15, 0.2) is 57.7 Å². The SMILES string of the molecule is C[C@@H]1C[C@H]2[C@@H]3CCC4=CC(=O)C=C[C@]4(C)[C@@]3(Cl)[C@@H](O)C[C@]2(C)[C@@]1(OC(=O)c1ccco1)C(=O)CCl.Cc1cc(C(C)(C)C)c(O)c(C)c1CC1=NCCN1. The molecule has 2 aromatic rings. The van der Waals surface area contributed by atoms with E-state index in [1.165, 1.54) is 29.5 Å². The van der Waals surface area contributed by atoms with Gasteiger partial charge in [0.15, 0.2) is 17.2 Å². The number of benzene rings is 1. The molecule has 2 heterocycles. The minimum Gasteiger partial charge on any atom is -0.507 e. The number of carbonyl (C=O) groups is 3. The maximum Gasteiger partial charge on any atom is 0.375 e. The van der Waals surface area contributed by atoms with Gasteiger partial charge in [-0.05, 0) is 103 Å². The van der Waals surface area contributed by atoms with Crippen LogP contribution in [0.5, 0.6) is 5.75 Å². The number of aliphatic hydroxyl groups excluding tert-OH is 1. The minimum absolute atomic E-state index is 0.00557. The summed E-state index contributed by atoms with van der Waals surface area (Å²) >= 11 is 13.6. The maximum absolute atomic E-state index is 13.6. The number of ether oxygens (including phenoxy) is 1. The largest absolute Gasteiger partial charge is 0.507 e. The number of fused-ring (bicyclic) bond motifs is 5. The number of carbonyl (C=O) groups excluding carboxylic acids is 3. The van der Waals surface area contributed by atoms with Crippen LogP contribution in [0.4, 0.5) is 0 Å². The first-order chi connectivity index (χ1) is 25.3. The molecule has 3 N–H and O–H groups in total. The predicted octanol–water partition coefficient (Wildman–Crippen LogP) is 7.72. The lowest BCUT2D eigenvalue weighted by molar-refractivity contribution is -0.177. The number of nitrogens with zero attached hydrogens (tertiary/aromatic N) is 1. The summed E-state index contributed by atoms with van der Waals surface area (Å²) in [5, 5.41) is 25.5. The average Bonchev–Trinajstić information content (AvgIpc) is 3.88. The minimum atomic E-state index is -1.53. The molecular formula is C43H54Cl2N2O7. The summed E-state index contributed by atoms with van der Waals surface area (Å²) in [4.78, 5) is 42.1. The summed E-state index contributed by atoms with van der Waals surface area (Å²) < 4.78 is 11.3. The first kappa shape index (κ1) is 40.3. The van der Waals surface area contributed by atoms with Gasteiger partial charge in [-0.25, -0.2) is 4.79 Å². The quantitative estimate of drug-likeness (QED) is 0.200. The van der Waals surface area contributed by atoms with Crippen molar-refractivity contribution >= 4 is 46.6 Å². The molecule has 3 fully saturated rings. The lowest BCUT2D eigenvalue weighted by atomic mass is 9.45. The van der Waals surface area contributed by atoms with Crippen molar-refractivity contribution in [2.45, 2.75) is 109 Å². The van der Waals surface area contributed by atoms with Gasteiger partial charge in [-0.1, -0.05) is 59.3 Å². The lowest BCUT2D eigenvalue weighted by Gasteiger charge is -2.64. The van der Waals surface area contributed by atoms with Gasteiger partial charge < -0.3 is 24.7 Å². The van der Waals surface area contributed by atoms with Crippen molar-refractivity contribution in [3.05, 3.63) is 76.3 Å². The van der Waals surface area contributed by atoms with Gasteiger partial charge in [0.2, 0.25) is 5.76 Å². The summed E-state index contributed by atoms with van der Waals surface area (Å²) in [6.07, 6.45) is 8.22. The van der Waals surface area contributed by atoms with Gasteiger partial charge >= 0.3 is 5.97 Å². The van der Waals surface area contributed by atoms with E-state index < -0.39 is 33.4 Å². The smallest absolute Gasteiger partial charge is 0.375 e. The zero-order valence-electron chi connectivity index (χ0n) is 32.6. The number of alkyl halides is 2. The number of allylic oxidation sites excluding steroid dienone is 4. The number of esters is 1. The van der Waals surface area contributed by atoms with Crippen LogP contribution in [0.2, 0.25) is 0 Å². The number of ketones is 2. The molecule has 8 atom stereocenters. The molecule has 1 aromatic heterocycles. The highest BCUT2D eigenvalue weighted by molar-refractivity contribution is 6.29. The van der Waals surface area contributed by atoms with E-state index >= 15 is 0 Å². The van der Waals surface area contributed by atoms with Gasteiger partial charge in [0.05, 0.1) is 29.7 Å². The first-order valence-corrected chi connectivity index (χ1v) is 19.9. The number of hydrogen-bond acceptors (Lipinski definition) is 9. The van der Waals surface area contributed by atoms with Crippen LogP contribution < -0.4 is 5.32 Å². The zero-order chi connectivity index (χ0) is 39.6. The monoisotopic (exact) mass is 780 g/mol. The van der Waals surface area contributed by atoms with E-state index in [0.717, 1.165) is 42.0 Å². The van der Waals surface area contributed by atoms with E-state index in [0.29, 0.717) is 25.0 Å². The van der Waals surface area contributed by atoms with Crippen LogP contribution in [0.3, 0.4) is 0 Å². The number of furan rings is 1. The molecule has 54 heavy (non-hydrogen) atoms. The summed E-state index contributed by atoms with van der Waals surface area (Å²) in [6.45, 7) is 18.1. The molecule has 5 aliphatic rings. The number of aliphatic hydroxyl groups is 1. The average molecular weight is 782 g/mol. The Hall–Kier alpha value is -3.40. The number of amidine groups is 1. The van der Waals surface area contributed by atoms with Crippen molar-refractivity contribution in [3.8, 4) is 5.75 Å². The number of aliphatic imine (C=N–C) groups is 1. The molecule has 0 saturated heterocycles. The Morgan fingerprint density at radius 3 is 2.52 bits per heavy atom. The number of phenols is 1. The second-order valence-corrected chi connectivity index (χ2v) is 18.3. The fraction of sp³-hybridized carbons (Fsp3) is 0.581. The summed E-state index contributed by atoms with van der Waals surface area (Å²) in [6, 6.07) is 5.19. The molecule has 3 saturated carbocycles. The molecule has 0 bridgehead atoms. The topological polar surface area (TPSA) is 138 Å². The van der Waals surface area contributed by atoms with Crippen LogP contribution in [0.25, 0.3) is 0 Å². The molecule has 11 heteroatoms. The fourth-order valence-electron chi connectivity index (χ4n) is 10.7. The summed E-state index contributed by atoms with van der Waals surface area (Å²) in [5.41, 5.74) is 2.19. The predicted molar refractivity (Wildman–Crippen MR) is 211 cm³/mol. The van der Waals surface area contributed by atoms with Crippen LogP contribution in [0.1, 0.15) is 100 Å². The van der Waals surface area contributed by atoms with Crippen LogP contribution in [-0.4, -0.2) is 69.1 Å². The van der Waals surface area contributed by atoms with E-state index in [9.17, 15) is 24.6 Å². The third-order valence-electron chi connectivity index (χ3n) is 13.5. The number of Topliss-reactive ketones (excluding diaryl/α,β-unsaturated/α-hetero) is 1. The third-order valence-corrected chi connectivity index (χ3v) is 14.7. The number of phenolic OH excluding ortho intramolecular Hbond substituents is 1. The van der Waals surface area contributed by atoms with Crippen molar-refractivity contribution < 1.29 is 33.8 Å². The molecule has 0 spiro atoms. The Kier molecular flexibility index (Phi) is 10.6. The molecule has 0 radical (unpaired) electrons. The lowest BCUT2D eigenvalue weighted by Crippen LogP contribution is -2.69. The molecule has 1 aromatic carbocycles. The van der Waals surface area contributed by atoms with E-state index in [-0.39, 0.29) is 52.8 Å². The van der Waals surface area contributed by atoms with Gasteiger partial charge in [0.1, 0.15) is 11.6 Å². The second kappa shape index (κ2) is 14.3. The summed E-state index contributed by atoms with van der Waals surface area (Å²) in [7, 11) is 0. The zero-order valence-corrected chi connectivity index (χ0v) is 34.2. The standard InChI is InChI=1S/C27H30Cl2O6.C16H24N2O/c1-15-11-19-18-7-6-16-12-17(30)8-9-24(16,2)26(18,29)21(31)13-25(19,3)27(15,22(32)14-28)35-23(33)20-5-4-10-34-20;1-10-8-13(16(3,4)5)15(19)11(2)12(10)9-14-17-6-7-18-14/h4-5,8-10,12,15,18-19,21,31H,6-7,11,13-14H2,1-3H3;8,19H,6-7,9H2,1-5H3,(H,17,18)/t15-,18+,19+,21+,24+,25+,26+,27+;/m1./s1.